The van der Waals surface area contributed by atoms with Crippen LogP contribution in [0.4, 0.5) is 0 Å². The minimum absolute atomic E-state index is 0.227. The molecule has 0 aromatic heterocycles. The average molecular weight is 254 g/mol. The Kier molecular flexibility index (Phi) is 6.69. The zero-order chi connectivity index (χ0) is 13.5. The Bertz CT molecular complexity index is 245. The molecule has 0 heterocycles. The quantitative estimate of drug-likeness (QED) is 0.765. The van der Waals surface area contributed by atoms with Crippen LogP contribution in [0.5, 0.6) is 0 Å². The highest BCUT2D eigenvalue weighted by atomic mass is 16.1. The fraction of sp³-hybridized carbons (Fsp3) is 0.933. The van der Waals surface area contributed by atoms with E-state index in [1.807, 2.05) is 0 Å². The predicted molar refractivity (Wildman–Crippen MR) is 76.2 cm³/mol. The molecule has 3 atom stereocenters. The fourth-order valence-corrected chi connectivity index (χ4v) is 3.17. The summed E-state index contributed by atoms with van der Waals surface area (Å²) in [7, 11) is 0. The van der Waals surface area contributed by atoms with Gasteiger partial charge in [-0.15, -0.1) is 0 Å². The molecule has 1 fully saturated rings. The summed E-state index contributed by atoms with van der Waals surface area (Å²) in [5, 5.41) is 3.21. The molecule has 0 bridgehead atoms. The van der Waals surface area contributed by atoms with Gasteiger partial charge in [0.1, 0.15) is 0 Å². The first kappa shape index (κ1) is 15.5. The number of carbonyl (C=O) groups is 1. The number of carbonyl (C=O) groups excluding carboxylic acids is 1. The van der Waals surface area contributed by atoms with E-state index in [9.17, 15) is 4.79 Å². The summed E-state index contributed by atoms with van der Waals surface area (Å²) in [6.07, 6.45) is 6.23. The molecule has 3 nitrogen and oxygen atoms in total. The largest absolute Gasteiger partial charge is 0.353 e. The summed E-state index contributed by atoms with van der Waals surface area (Å²) in [5.41, 5.74) is 5.52. The molecule has 3 heteroatoms. The lowest BCUT2D eigenvalue weighted by atomic mass is 9.80. The maximum absolute atomic E-state index is 11.9. The molecular formula is C15H30N2O. The third kappa shape index (κ3) is 5.85. The van der Waals surface area contributed by atoms with Gasteiger partial charge in [-0.05, 0) is 56.4 Å². The molecule has 1 aliphatic carbocycles. The van der Waals surface area contributed by atoms with Crippen molar-refractivity contribution in [3.05, 3.63) is 0 Å². The Labute approximate surface area is 112 Å². The van der Waals surface area contributed by atoms with Gasteiger partial charge >= 0.3 is 0 Å². The summed E-state index contributed by atoms with van der Waals surface area (Å²) < 4.78 is 0. The smallest absolute Gasteiger partial charge is 0.220 e. The Balaban J connectivity index is 2.23. The van der Waals surface area contributed by atoms with Crippen LogP contribution in [0, 0.1) is 17.8 Å². The SMILES string of the molecule is CC(CCN)CCC(=O)NC1CC(C)CC(C)C1. The molecule has 0 radical (unpaired) electrons. The second-order valence-corrected chi connectivity index (χ2v) is 6.40. The number of hydrogen-bond acceptors (Lipinski definition) is 2. The minimum Gasteiger partial charge on any atom is -0.353 e. The van der Waals surface area contributed by atoms with Gasteiger partial charge in [0.05, 0.1) is 0 Å². The predicted octanol–water partition coefficient (Wildman–Crippen LogP) is 2.69. The van der Waals surface area contributed by atoms with Crippen LogP contribution in [0.25, 0.3) is 0 Å². The van der Waals surface area contributed by atoms with Crippen LogP contribution in [-0.2, 0) is 4.79 Å². The lowest BCUT2D eigenvalue weighted by molar-refractivity contribution is -0.122. The molecule has 1 amide bonds. The monoisotopic (exact) mass is 254 g/mol. The van der Waals surface area contributed by atoms with Crippen molar-refractivity contribution in [1.82, 2.24) is 5.32 Å². The van der Waals surface area contributed by atoms with Gasteiger partial charge in [-0.2, -0.15) is 0 Å². The minimum atomic E-state index is 0.227. The third-order valence-corrected chi connectivity index (χ3v) is 4.07. The number of nitrogens with one attached hydrogen (secondary N) is 1. The van der Waals surface area contributed by atoms with Crippen molar-refractivity contribution in [3.8, 4) is 0 Å². The van der Waals surface area contributed by atoms with Crippen molar-refractivity contribution in [3.63, 3.8) is 0 Å². The molecule has 1 aliphatic rings. The van der Waals surface area contributed by atoms with Crippen LogP contribution in [0.2, 0.25) is 0 Å². The van der Waals surface area contributed by atoms with E-state index >= 15 is 0 Å². The van der Waals surface area contributed by atoms with E-state index in [1.54, 1.807) is 0 Å². The first-order valence-electron chi connectivity index (χ1n) is 7.50. The molecule has 3 N–H and O–H groups in total. The summed E-state index contributed by atoms with van der Waals surface area (Å²) in [4.78, 5) is 11.9. The van der Waals surface area contributed by atoms with Crippen molar-refractivity contribution in [2.24, 2.45) is 23.5 Å². The van der Waals surface area contributed by atoms with Crippen LogP contribution >= 0.6 is 0 Å². The first-order chi connectivity index (χ1) is 8.51. The lowest BCUT2D eigenvalue weighted by Crippen LogP contribution is -2.40. The Hall–Kier alpha value is -0.570. The molecule has 1 saturated carbocycles. The Morgan fingerprint density at radius 1 is 1.22 bits per heavy atom. The second kappa shape index (κ2) is 7.78. The topological polar surface area (TPSA) is 55.1 Å². The molecule has 3 unspecified atom stereocenters. The molecule has 18 heavy (non-hydrogen) atoms. The first-order valence-corrected chi connectivity index (χ1v) is 7.50. The van der Waals surface area contributed by atoms with E-state index in [0.29, 0.717) is 18.4 Å². The Morgan fingerprint density at radius 3 is 2.39 bits per heavy atom. The van der Waals surface area contributed by atoms with Crippen molar-refractivity contribution < 1.29 is 4.79 Å². The zero-order valence-corrected chi connectivity index (χ0v) is 12.2. The van der Waals surface area contributed by atoms with Gasteiger partial charge in [-0.3, -0.25) is 4.79 Å². The highest BCUT2D eigenvalue weighted by Gasteiger charge is 2.24. The van der Waals surface area contributed by atoms with Crippen molar-refractivity contribution in [2.75, 3.05) is 6.54 Å². The van der Waals surface area contributed by atoms with Gasteiger partial charge in [-0.1, -0.05) is 20.8 Å². The third-order valence-electron chi connectivity index (χ3n) is 4.07. The van der Waals surface area contributed by atoms with Gasteiger partial charge < -0.3 is 11.1 Å². The number of rotatable bonds is 6. The van der Waals surface area contributed by atoms with Gasteiger partial charge in [0.15, 0.2) is 0 Å². The van der Waals surface area contributed by atoms with Gasteiger partial charge in [0, 0.05) is 12.5 Å². The second-order valence-electron chi connectivity index (χ2n) is 6.40. The van der Waals surface area contributed by atoms with Crippen LogP contribution in [-0.4, -0.2) is 18.5 Å². The summed E-state index contributed by atoms with van der Waals surface area (Å²) in [6, 6.07) is 0.404. The molecule has 1 rings (SSSR count). The molecule has 0 saturated heterocycles. The summed E-state index contributed by atoms with van der Waals surface area (Å²) in [5.74, 6) is 2.28. The molecule has 106 valence electrons. The standard InChI is InChI=1S/C15H30N2O/c1-11(6-7-16)4-5-15(18)17-14-9-12(2)8-13(3)10-14/h11-14H,4-10,16H2,1-3H3,(H,17,18). The molecule has 0 aromatic rings. The van der Waals surface area contributed by atoms with Gasteiger partial charge in [0.2, 0.25) is 5.91 Å². The maximum Gasteiger partial charge on any atom is 0.220 e. The van der Waals surface area contributed by atoms with Gasteiger partial charge in [-0.25, -0.2) is 0 Å². The van der Waals surface area contributed by atoms with E-state index in [2.05, 4.69) is 26.1 Å². The highest BCUT2D eigenvalue weighted by molar-refractivity contribution is 5.76. The summed E-state index contributed by atoms with van der Waals surface area (Å²) in [6.45, 7) is 7.47. The zero-order valence-electron chi connectivity index (χ0n) is 12.2. The van der Waals surface area contributed by atoms with Crippen molar-refractivity contribution >= 4 is 5.91 Å². The Morgan fingerprint density at radius 2 is 1.83 bits per heavy atom. The van der Waals surface area contributed by atoms with Crippen molar-refractivity contribution in [2.45, 2.75) is 65.3 Å². The highest BCUT2D eigenvalue weighted by Crippen LogP contribution is 2.28. The fourth-order valence-electron chi connectivity index (χ4n) is 3.17. The molecule has 0 aromatic carbocycles. The number of amides is 1. The lowest BCUT2D eigenvalue weighted by Gasteiger charge is -2.32. The van der Waals surface area contributed by atoms with Crippen LogP contribution in [0.15, 0.2) is 0 Å². The average Bonchev–Trinajstić information content (AvgIpc) is 2.25. The normalized spacial score (nSPS) is 29.9. The maximum atomic E-state index is 11.9. The van der Waals surface area contributed by atoms with E-state index in [-0.39, 0.29) is 5.91 Å². The summed E-state index contributed by atoms with van der Waals surface area (Å²) >= 11 is 0. The number of hydrogen-bond donors (Lipinski definition) is 2. The van der Waals surface area contributed by atoms with E-state index in [0.717, 1.165) is 44.1 Å². The van der Waals surface area contributed by atoms with Crippen molar-refractivity contribution in [1.29, 1.82) is 0 Å². The van der Waals surface area contributed by atoms with E-state index < -0.39 is 0 Å². The van der Waals surface area contributed by atoms with Crippen LogP contribution in [0.1, 0.15) is 59.3 Å². The van der Waals surface area contributed by atoms with Gasteiger partial charge in [0.25, 0.3) is 0 Å². The van der Waals surface area contributed by atoms with E-state index in [4.69, 9.17) is 5.73 Å². The van der Waals surface area contributed by atoms with E-state index in [1.165, 1.54) is 6.42 Å². The molecule has 0 spiro atoms. The van der Waals surface area contributed by atoms with Crippen LogP contribution in [0.3, 0.4) is 0 Å². The number of nitrogens with two attached hydrogens (primary N) is 1. The molecular weight excluding hydrogens is 224 g/mol. The molecule has 0 aliphatic heterocycles. The van der Waals surface area contributed by atoms with Crippen LogP contribution < -0.4 is 11.1 Å².